The lowest BCUT2D eigenvalue weighted by Gasteiger charge is -2.38. The fourth-order valence-corrected chi connectivity index (χ4v) is 3.13. The van der Waals surface area contributed by atoms with Gasteiger partial charge >= 0.3 is 0 Å². The summed E-state index contributed by atoms with van der Waals surface area (Å²) in [5, 5.41) is 3.61. The van der Waals surface area contributed by atoms with Crippen molar-refractivity contribution in [3.05, 3.63) is 0 Å². The summed E-state index contributed by atoms with van der Waals surface area (Å²) in [6.07, 6.45) is 3.92. The van der Waals surface area contributed by atoms with Gasteiger partial charge in [-0.15, -0.1) is 0 Å². The van der Waals surface area contributed by atoms with E-state index in [1.54, 1.807) is 0 Å². The second-order valence-corrected chi connectivity index (χ2v) is 5.62. The molecule has 2 rings (SSSR count). The van der Waals surface area contributed by atoms with E-state index in [1.807, 2.05) is 0 Å². The normalized spacial score (nSPS) is 30.2. The minimum absolute atomic E-state index is 0.543. The van der Waals surface area contributed by atoms with Crippen molar-refractivity contribution in [2.45, 2.75) is 38.3 Å². The van der Waals surface area contributed by atoms with Crippen LogP contribution in [0.3, 0.4) is 0 Å². The second kappa shape index (κ2) is 7.43. The van der Waals surface area contributed by atoms with Crippen LogP contribution in [-0.4, -0.2) is 74.9 Å². The highest BCUT2D eigenvalue weighted by Gasteiger charge is 2.28. The Morgan fingerprint density at radius 2 is 2.11 bits per heavy atom. The van der Waals surface area contributed by atoms with E-state index in [2.05, 4.69) is 29.1 Å². The monoisotopic (exact) mass is 255 g/mol. The van der Waals surface area contributed by atoms with Crippen LogP contribution in [-0.2, 0) is 4.74 Å². The summed E-state index contributed by atoms with van der Waals surface area (Å²) in [6, 6.07) is 1.15. The summed E-state index contributed by atoms with van der Waals surface area (Å²) in [6.45, 7) is 10.0. The zero-order valence-corrected chi connectivity index (χ0v) is 12.0. The molecular weight excluding hydrogens is 226 g/mol. The molecule has 4 nitrogen and oxygen atoms in total. The first-order valence-corrected chi connectivity index (χ1v) is 7.55. The van der Waals surface area contributed by atoms with E-state index in [1.165, 1.54) is 32.5 Å². The van der Waals surface area contributed by atoms with Gasteiger partial charge < -0.3 is 15.0 Å². The first-order chi connectivity index (χ1) is 8.81. The quantitative estimate of drug-likeness (QED) is 0.759. The number of ether oxygens (including phenoxy) is 1. The number of nitrogens with one attached hydrogen (secondary N) is 1. The van der Waals surface area contributed by atoms with Crippen molar-refractivity contribution in [2.24, 2.45) is 0 Å². The molecule has 0 radical (unpaired) electrons. The van der Waals surface area contributed by atoms with Crippen molar-refractivity contribution < 1.29 is 4.74 Å². The molecule has 4 heteroatoms. The van der Waals surface area contributed by atoms with Crippen LogP contribution < -0.4 is 5.32 Å². The Morgan fingerprint density at radius 3 is 2.83 bits per heavy atom. The minimum Gasteiger partial charge on any atom is -0.380 e. The molecule has 0 aromatic carbocycles. The zero-order valence-electron chi connectivity index (χ0n) is 12.0. The van der Waals surface area contributed by atoms with Crippen LogP contribution in [0, 0.1) is 0 Å². The summed E-state index contributed by atoms with van der Waals surface area (Å²) < 4.78 is 5.66. The van der Waals surface area contributed by atoms with Crippen LogP contribution >= 0.6 is 0 Å². The molecule has 2 saturated heterocycles. The van der Waals surface area contributed by atoms with Gasteiger partial charge in [0, 0.05) is 31.8 Å². The topological polar surface area (TPSA) is 27.7 Å². The van der Waals surface area contributed by atoms with Crippen molar-refractivity contribution in [1.29, 1.82) is 0 Å². The van der Waals surface area contributed by atoms with Gasteiger partial charge in [0.25, 0.3) is 0 Å². The molecule has 0 saturated carbocycles. The number of hydrogen-bond acceptors (Lipinski definition) is 4. The smallest absolute Gasteiger partial charge is 0.0636 e. The Morgan fingerprint density at radius 1 is 1.33 bits per heavy atom. The third-order valence-corrected chi connectivity index (χ3v) is 4.33. The summed E-state index contributed by atoms with van der Waals surface area (Å²) in [5.74, 6) is 0. The van der Waals surface area contributed by atoms with Gasteiger partial charge in [-0.3, -0.25) is 4.90 Å². The van der Waals surface area contributed by atoms with E-state index in [-0.39, 0.29) is 0 Å². The van der Waals surface area contributed by atoms with Crippen LogP contribution in [0.4, 0.5) is 0 Å². The summed E-state index contributed by atoms with van der Waals surface area (Å²) in [4.78, 5) is 5.08. The van der Waals surface area contributed by atoms with E-state index in [0.717, 1.165) is 32.7 Å². The van der Waals surface area contributed by atoms with E-state index in [9.17, 15) is 0 Å². The SMILES string of the molecule is CCNC1CCOCC1N(C)CCN1CCCC1. The molecule has 0 spiro atoms. The maximum Gasteiger partial charge on any atom is 0.0636 e. The molecule has 0 aromatic heterocycles. The van der Waals surface area contributed by atoms with E-state index in [0.29, 0.717) is 12.1 Å². The Hall–Kier alpha value is -0.160. The van der Waals surface area contributed by atoms with Crippen LogP contribution in [0.15, 0.2) is 0 Å². The summed E-state index contributed by atoms with van der Waals surface area (Å²) in [5.41, 5.74) is 0. The van der Waals surface area contributed by atoms with Crippen molar-refractivity contribution >= 4 is 0 Å². The highest BCUT2D eigenvalue weighted by atomic mass is 16.5. The molecule has 2 heterocycles. The van der Waals surface area contributed by atoms with Crippen molar-refractivity contribution in [2.75, 3.05) is 53.0 Å². The van der Waals surface area contributed by atoms with Crippen LogP contribution in [0.25, 0.3) is 0 Å². The highest BCUT2D eigenvalue weighted by Crippen LogP contribution is 2.14. The van der Waals surface area contributed by atoms with Gasteiger partial charge in [-0.05, 0) is 45.9 Å². The molecule has 0 aliphatic carbocycles. The number of likely N-dealkylation sites (tertiary alicyclic amines) is 1. The third-order valence-electron chi connectivity index (χ3n) is 4.33. The third kappa shape index (κ3) is 3.92. The van der Waals surface area contributed by atoms with Crippen molar-refractivity contribution in [3.8, 4) is 0 Å². The van der Waals surface area contributed by atoms with Crippen LogP contribution in [0.5, 0.6) is 0 Å². The molecule has 0 aromatic rings. The van der Waals surface area contributed by atoms with Gasteiger partial charge in [0.1, 0.15) is 0 Å². The highest BCUT2D eigenvalue weighted by molar-refractivity contribution is 4.86. The molecule has 2 unspecified atom stereocenters. The standard InChI is InChI=1S/C14H29N3O/c1-3-15-13-6-11-18-12-14(13)16(2)9-10-17-7-4-5-8-17/h13-15H,3-12H2,1-2H3. The number of hydrogen-bond donors (Lipinski definition) is 1. The van der Waals surface area contributed by atoms with Crippen LogP contribution in [0.1, 0.15) is 26.2 Å². The maximum atomic E-state index is 5.66. The Labute approximate surface area is 112 Å². The van der Waals surface area contributed by atoms with Crippen LogP contribution in [0.2, 0.25) is 0 Å². The van der Waals surface area contributed by atoms with E-state index >= 15 is 0 Å². The minimum atomic E-state index is 0.543. The maximum absolute atomic E-state index is 5.66. The lowest BCUT2D eigenvalue weighted by molar-refractivity contribution is 0.00450. The number of rotatable bonds is 6. The van der Waals surface area contributed by atoms with Gasteiger partial charge in [-0.2, -0.15) is 0 Å². The van der Waals surface area contributed by atoms with E-state index in [4.69, 9.17) is 4.74 Å². The number of nitrogens with zero attached hydrogens (tertiary/aromatic N) is 2. The first kappa shape index (κ1) is 14.3. The predicted molar refractivity (Wildman–Crippen MR) is 75.0 cm³/mol. The number of likely N-dealkylation sites (N-methyl/N-ethyl adjacent to an activating group) is 2. The average Bonchev–Trinajstić information content (AvgIpc) is 2.90. The predicted octanol–water partition coefficient (Wildman–Crippen LogP) is 0.781. The first-order valence-electron chi connectivity index (χ1n) is 7.55. The average molecular weight is 255 g/mol. The lowest BCUT2D eigenvalue weighted by Crippen LogP contribution is -2.55. The zero-order chi connectivity index (χ0) is 12.8. The lowest BCUT2D eigenvalue weighted by atomic mass is 10.0. The largest absolute Gasteiger partial charge is 0.380 e. The molecular formula is C14H29N3O. The fraction of sp³-hybridized carbons (Fsp3) is 1.00. The molecule has 2 fully saturated rings. The second-order valence-electron chi connectivity index (χ2n) is 5.62. The Kier molecular flexibility index (Phi) is 5.89. The van der Waals surface area contributed by atoms with Gasteiger partial charge in [0.05, 0.1) is 6.61 Å². The molecule has 0 amide bonds. The van der Waals surface area contributed by atoms with Gasteiger partial charge in [0.15, 0.2) is 0 Å². The summed E-state index contributed by atoms with van der Waals surface area (Å²) in [7, 11) is 2.25. The van der Waals surface area contributed by atoms with E-state index < -0.39 is 0 Å². The van der Waals surface area contributed by atoms with Gasteiger partial charge in [0.2, 0.25) is 0 Å². The van der Waals surface area contributed by atoms with Crippen molar-refractivity contribution in [3.63, 3.8) is 0 Å². The molecule has 18 heavy (non-hydrogen) atoms. The van der Waals surface area contributed by atoms with Gasteiger partial charge in [-0.25, -0.2) is 0 Å². The molecule has 2 atom stereocenters. The van der Waals surface area contributed by atoms with Crippen molar-refractivity contribution in [1.82, 2.24) is 15.1 Å². The fourth-order valence-electron chi connectivity index (χ4n) is 3.13. The molecule has 106 valence electrons. The molecule has 0 bridgehead atoms. The Bertz CT molecular complexity index is 229. The van der Waals surface area contributed by atoms with Gasteiger partial charge in [-0.1, -0.05) is 6.92 Å². The Balaban J connectivity index is 1.75. The molecule has 1 N–H and O–H groups in total. The molecule has 2 aliphatic rings. The molecule has 2 aliphatic heterocycles. The summed E-state index contributed by atoms with van der Waals surface area (Å²) >= 11 is 0.